The quantitative estimate of drug-likeness (QED) is 0.751. The van der Waals surface area contributed by atoms with E-state index in [4.69, 9.17) is 26.3 Å². The van der Waals surface area contributed by atoms with Crippen molar-refractivity contribution in [2.24, 2.45) is 0 Å². The largest absolute Gasteiger partial charge is 0.490 e. The molecule has 0 aliphatic carbocycles. The first-order chi connectivity index (χ1) is 11.5. The molecule has 0 bridgehead atoms. The minimum Gasteiger partial charge on any atom is -0.490 e. The van der Waals surface area contributed by atoms with Gasteiger partial charge in [-0.25, -0.2) is 0 Å². The van der Waals surface area contributed by atoms with Gasteiger partial charge in [-0.3, -0.25) is 4.79 Å². The summed E-state index contributed by atoms with van der Waals surface area (Å²) >= 11 is 7.33. The normalized spacial score (nSPS) is 10.1. The van der Waals surface area contributed by atoms with Crippen LogP contribution < -0.4 is 9.47 Å². The van der Waals surface area contributed by atoms with E-state index < -0.39 is 0 Å². The summed E-state index contributed by atoms with van der Waals surface area (Å²) in [6.07, 6.45) is 0. The number of amides is 1. The molecule has 1 amide bonds. The summed E-state index contributed by atoms with van der Waals surface area (Å²) in [5.41, 5.74) is 0.476. The van der Waals surface area contributed by atoms with E-state index in [1.165, 1.54) is 11.3 Å². The highest BCUT2D eigenvalue weighted by molar-refractivity contribution is 7.16. The first-order valence-electron chi connectivity index (χ1n) is 7.31. The number of halogens is 1. The Hall–Kier alpha value is -2.23. The fourth-order valence-electron chi connectivity index (χ4n) is 1.97. The van der Waals surface area contributed by atoms with Crippen LogP contribution in [0.15, 0.2) is 30.3 Å². The van der Waals surface area contributed by atoms with Crippen molar-refractivity contribution in [3.63, 3.8) is 0 Å². The van der Waals surface area contributed by atoms with Gasteiger partial charge in [-0.1, -0.05) is 11.6 Å². The molecule has 0 spiro atoms. The number of nitrogens with zero attached hydrogens (tertiary/aromatic N) is 2. The average molecular weight is 365 g/mol. The topological polar surface area (TPSA) is 62.6 Å². The summed E-state index contributed by atoms with van der Waals surface area (Å²) in [7, 11) is 1.71. The van der Waals surface area contributed by atoms with Gasteiger partial charge in [-0.15, -0.1) is 11.3 Å². The maximum atomic E-state index is 12.2. The number of hydrogen-bond acceptors (Lipinski definition) is 5. The standard InChI is InChI=1S/C17H17ClN2O3S/c1-3-22-15-8-12(9-19)4-6-14(15)23-11-17(21)20(2)10-13-5-7-16(18)24-13/h4-8H,3,10-11H2,1-2H3. The summed E-state index contributed by atoms with van der Waals surface area (Å²) < 4.78 is 11.7. The van der Waals surface area contributed by atoms with E-state index in [9.17, 15) is 4.79 Å². The highest BCUT2D eigenvalue weighted by atomic mass is 35.5. The molecule has 1 aromatic carbocycles. The van der Waals surface area contributed by atoms with Crippen LogP contribution in [0.5, 0.6) is 11.5 Å². The minimum atomic E-state index is -0.161. The third kappa shape index (κ3) is 4.88. The van der Waals surface area contributed by atoms with E-state index >= 15 is 0 Å². The zero-order valence-corrected chi connectivity index (χ0v) is 15.0. The van der Waals surface area contributed by atoms with Gasteiger partial charge in [-0.2, -0.15) is 5.26 Å². The van der Waals surface area contributed by atoms with Crippen LogP contribution >= 0.6 is 22.9 Å². The third-order valence-electron chi connectivity index (χ3n) is 3.17. The van der Waals surface area contributed by atoms with E-state index in [1.807, 2.05) is 25.1 Å². The van der Waals surface area contributed by atoms with Crippen LogP contribution in [0.25, 0.3) is 0 Å². The number of ether oxygens (including phenoxy) is 2. The van der Waals surface area contributed by atoms with Gasteiger partial charge in [0.05, 0.1) is 29.1 Å². The van der Waals surface area contributed by atoms with E-state index in [0.717, 1.165) is 4.88 Å². The fourth-order valence-corrected chi connectivity index (χ4v) is 3.11. The molecule has 0 unspecified atom stereocenters. The molecule has 0 atom stereocenters. The van der Waals surface area contributed by atoms with Crippen molar-refractivity contribution in [3.8, 4) is 17.6 Å². The highest BCUT2D eigenvalue weighted by Gasteiger charge is 2.13. The molecular formula is C17H17ClN2O3S. The van der Waals surface area contributed by atoms with Crippen molar-refractivity contribution >= 4 is 28.8 Å². The van der Waals surface area contributed by atoms with Crippen molar-refractivity contribution < 1.29 is 14.3 Å². The first kappa shape index (κ1) is 18.1. The van der Waals surface area contributed by atoms with Gasteiger partial charge in [0.15, 0.2) is 18.1 Å². The Morgan fingerprint density at radius 1 is 1.29 bits per heavy atom. The Labute approximate surface area is 150 Å². The van der Waals surface area contributed by atoms with Gasteiger partial charge in [0.1, 0.15) is 0 Å². The number of carbonyl (C=O) groups excluding carboxylic acids is 1. The summed E-state index contributed by atoms with van der Waals surface area (Å²) in [5.74, 6) is 0.736. The number of benzene rings is 1. The Bertz CT molecular complexity index is 755. The Morgan fingerprint density at radius 3 is 2.71 bits per heavy atom. The lowest BCUT2D eigenvalue weighted by molar-refractivity contribution is -0.132. The van der Waals surface area contributed by atoms with Crippen LogP contribution in [0.1, 0.15) is 17.4 Å². The maximum Gasteiger partial charge on any atom is 0.260 e. The molecule has 0 aliphatic rings. The molecule has 0 N–H and O–H groups in total. The number of hydrogen-bond donors (Lipinski definition) is 0. The van der Waals surface area contributed by atoms with Crippen molar-refractivity contribution in [3.05, 3.63) is 45.1 Å². The van der Waals surface area contributed by atoms with Crippen LogP contribution in [-0.2, 0) is 11.3 Å². The molecule has 5 nitrogen and oxygen atoms in total. The Balaban J connectivity index is 1.96. The second kappa shape index (κ2) is 8.57. The van der Waals surface area contributed by atoms with Crippen molar-refractivity contribution in [1.29, 1.82) is 5.26 Å². The molecule has 24 heavy (non-hydrogen) atoms. The summed E-state index contributed by atoms with van der Waals surface area (Å²) in [6.45, 7) is 2.65. The second-order valence-electron chi connectivity index (χ2n) is 4.95. The van der Waals surface area contributed by atoms with Gasteiger partial charge in [-0.05, 0) is 31.2 Å². The fraction of sp³-hybridized carbons (Fsp3) is 0.294. The van der Waals surface area contributed by atoms with E-state index in [1.54, 1.807) is 30.1 Å². The van der Waals surface area contributed by atoms with E-state index in [0.29, 0.717) is 34.6 Å². The molecule has 1 aromatic heterocycles. The van der Waals surface area contributed by atoms with Crippen LogP contribution in [0.2, 0.25) is 4.34 Å². The smallest absolute Gasteiger partial charge is 0.260 e. The van der Waals surface area contributed by atoms with Crippen LogP contribution in [0, 0.1) is 11.3 Å². The molecule has 0 aliphatic heterocycles. The summed E-state index contributed by atoms with van der Waals surface area (Å²) in [5, 5.41) is 8.94. The maximum absolute atomic E-state index is 12.2. The Morgan fingerprint density at radius 2 is 2.08 bits per heavy atom. The predicted octanol–water partition coefficient (Wildman–Crippen LogP) is 3.71. The van der Waals surface area contributed by atoms with Gasteiger partial charge in [0.2, 0.25) is 0 Å². The van der Waals surface area contributed by atoms with Gasteiger partial charge < -0.3 is 14.4 Å². The van der Waals surface area contributed by atoms with Crippen LogP contribution in [0.4, 0.5) is 0 Å². The lowest BCUT2D eigenvalue weighted by Gasteiger charge is -2.17. The molecule has 1 heterocycles. The molecule has 0 radical (unpaired) electrons. The number of likely N-dealkylation sites (N-methyl/N-ethyl adjacent to an activating group) is 1. The minimum absolute atomic E-state index is 0.110. The number of thiophene rings is 1. The summed E-state index contributed by atoms with van der Waals surface area (Å²) in [6, 6.07) is 10.6. The van der Waals surface area contributed by atoms with Gasteiger partial charge in [0, 0.05) is 18.0 Å². The lowest BCUT2D eigenvalue weighted by atomic mass is 10.2. The molecule has 2 rings (SSSR count). The predicted molar refractivity (Wildman–Crippen MR) is 93.6 cm³/mol. The van der Waals surface area contributed by atoms with Crippen LogP contribution in [-0.4, -0.2) is 31.1 Å². The van der Waals surface area contributed by atoms with Crippen LogP contribution in [0.3, 0.4) is 0 Å². The van der Waals surface area contributed by atoms with Crippen molar-refractivity contribution in [2.45, 2.75) is 13.5 Å². The van der Waals surface area contributed by atoms with Crippen molar-refractivity contribution in [1.82, 2.24) is 4.90 Å². The molecule has 0 fully saturated rings. The van der Waals surface area contributed by atoms with E-state index in [-0.39, 0.29) is 12.5 Å². The first-order valence-corrected chi connectivity index (χ1v) is 8.51. The van der Waals surface area contributed by atoms with Gasteiger partial charge >= 0.3 is 0 Å². The average Bonchev–Trinajstić information content (AvgIpc) is 2.98. The van der Waals surface area contributed by atoms with E-state index in [2.05, 4.69) is 0 Å². The zero-order chi connectivity index (χ0) is 17.5. The highest BCUT2D eigenvalue weighted by Crippen LogP contribution is 2.28. The molecule has 126 valence electrons. The summed E-state index contributed by atoms with van der Waals surface area (Å²) in [4.78, 5) is 14.8. The van der Waals surface area contributed by atoms with Crippen molar-refractivity contribution in [2.75, 3.05) is 20.3 Å². The molecular weight excluding hydrogens is 348 g/mol. The SMILES string of the molecule is CCOc1cc(C#N)ccc1OCC(=O)N(C)Cc1ccc(Cl)s1. The second-order valence-corrected chi connectivity index (χ2v) is 6.75. The lowest BCUT2D eigenvalue weighted by Crippen LogP contribution is -2.30. The third-order valence-corrected chi connectivity index (χ3v) is 4.39. The number of rotatable bonds is 7. The van der Waals surface area contributed by atoms with Gasteiger partial charge in [0.25, 0.3) is 5.91 Å². The Kier molecular flexibility index (Phi) is 6.47. The zero-order valence-electron chi connectivity index (χ0n) is 13.4. The molecule has 7 heteroatoms. The number of carbonyl (C=O) groups is 1. The number of nitriles is 1. The molecule has 0 saturated carbocycles. The molecule has 2 aromatic rings. The monoisotopic (exact) mass is 364 g/mol. The molecule has 0 saturated heterocycles.